The molecule has 1 aliphatic heterocycles. The average Bonchev–Trinajstić information content (AvgIpc) is 3.12. The number of ether oxygens (including phenoxy) is 1. The minimum atomic E-state index is -0.517. The number of thioether (sulfide) groups is 1. The third-order valence-corrected chi connectivity index (χ3v) is 6.09. The summed E-state index contributed by atoms with van der Waals surface area (Å²) in [6.45, 7) is 0.0782. The van der Waals surface area contributed by atoms with Crippen molar-refractivity contribution in [1.82, 2.24) is 4.90 Å². The monoisotopic (exact) mass is 489 g/mol. The summed E-state index contributed by atoms with van der Waals surface area (Å²) >= 11 is 0.879. The quantitative estimate of drug-likeness (QED) is 0.279. The Morgan fingerprint density at radius 3 is 2.29 bits per heavy atom. The summed E-state index contributed by atoms with van der Waals surface area (Å²) in [5.41, 5.74) is 2.18. The first-order valence-corrected chi connectivity index (χ1v) is 11.2. The third-order valence-electron chi connectivity index (χ3n) is 5.18. The van der Waals surface area contributed by atoms with Crippen LogP contribution in [0.1, 0.15) is 21.5 Å². The van der Waals surface area contributed by atoms with E-state index in [1.807, 2.05) is 0 Å². The zero-order valence-electron chi connectivity index (χ0n) is 18.5. The highest BCUT2D eigenvalue weighted by Gasteiger charge is 2.35. The van der Waals surface area contributed by atoms with Crippen LogP contribution in [0.15, 0.2) is 77.7 Å². The van der Waals surface area contributed by atoms with Gasteiger partial charge in [-0.25, -0.2) is 0 Å². The molecule has 0 bridgehead atoms. The van der Waals surface area contributed by atoms with Crippen molar-refractivity contribution in [2.75, 3.05) is 12.4 Å². The largest absolute Gasteiger partial charge is 0.497 e. The van der Waals surface area contributed by atoms with E-state index in [2.05, 4.69) is 5.32 Å². The standard InChI is InChI=1S/C25H19N3O6S/c1-34-21-12-4-16(5-13-21)14-22-24(30)27(25(31)35-22)15-17-2-6-18(7-3-17)23(29)26-19-8-10-20(11-9-19)28(32)33/h2-14H,15H2,1H3,(H,26,29)/b22-14-. The van der Waals surface area contributed by atoms with Gasteiger partial charge in [-0.1, -0.05) is 24.3 Å². The second-order valence-corrected chi connectivity index (χ2v) is 8.49. The maximum atomic E-state index is 12.8. The topological polar surface area (TPSA) is 119 Å². The van der Waals surface area contributed by atoms with E-state index in [0.29, 0.717) is 27.5 Å². The number of non-ortho nitro benzene ring substituents is 1. The lowest BCUT2D eigenvalue weighted by Crippen LogP contribution is -2.27. The molecular weight excluding hydrogens is 470 g/mol. The molecule has 1 saturated heterocycles. The number of carbonyl (C=O) groups excluding carboxylic acids is 3. The van der Waals surface area contributed by atoms with Crippen LogP contribution in [0.2, 0.25) is 0 Å². The van der Waals surface area contributed by atoms with Crippen LogP contribution in [0, 0.1) is 10.1 Å². The van der Waals surface area contributed by atoms with Gasteiger partial charge in [-0.3, -0.25) is 29.4 Å². The Labute approximate surface area is 204 Å². The Bertz CT molecular complexity index is 1320. The first-order valence-electron chi connectivity index (χ1n) is 10.4. The first kappa shape index (κ1) is 23.7. The van der Waals surface area contributed by atoms with Crippen molar-refractivity contribution >= 4 is 46.3 Å². The van der Waals surface area contributed by atoms with Crippen molar-refractivity contribution in [3.05, 3.63) is 105 Å². The smallest absolute Gasteiger partial charge is 0.293 e. The summed E-state index contributed by atoms with van der Waals surface area (Å²) in [4.78, 5) is 49.4. The minimum absolute atomic E-state index is 0.0708. The molecule has 9 nitrogen and oxygen atoms in total. The van der Waals surface area contributed by atoms with Gasteiger partial charge in [0.1, 0.15) is 5.75 Å². The van der Waals surface area contributed by atoms with E-state index < -0.39 is 4.92 Å². The maximum Gasteiger partial charge on any atom is 0.293 e. The summed E-state index contributed by atoms with van der Waals surface area (Å²) < 4.78 is 5.12. The van der Waals surface area contributed by atoms with E-state index in [0.717, 1.165) is 22.2 Å². The number of nitrogens with one attached hydrogen (secondary N) is 1. The van der Waals surface area contributed by atoms with Gasteiger partial charge in [-0.05, 0) is 65.4 Å². The summed E-state index contributed by atoms with van der Waals surface area (Å²) in [7, 11) is 1.57. The summed E-state index contributed by atoms with van der Waals surface area (Å²) in [6.07, 6.45) is 1.66. The Kier molecular flexibility index (Phi) is 6.93. The number of benzene rings is 3. The fourth-order valence-corrected chi connectivity index (χ4v) is 4.14. The van der Waals surface area contributed by atoms with E-state index >= 15 is 0 Å². The molecule has 0 saturated carbocycles. The zero-order valence-corrected chi connectivity index (χ0v) is 19.3. The van der Waals surface area contributed by atoms with Crippen LogP contribution >= 0.6 is 11.8 Å². The first-order chi connectivity index (χ1) is 16.8. The Morgan fingerprint density at radius 2 is 1.69 bits per heavy atom. The number of anilines is 1. The molecule has 0 atom stereocenters. The SMILES string of the molecule is COc1ccc(/C=C2\SC(=O)N(Cc3ccc(C(=O)Nc4ccc([N+](=O)[O-])cc4)cc3)C2=O)cc1. The highest BCUT2D eigenvalue weighted by Crippen LogP contribution is 2.33. The van der Waals surface area contributed by atoms with Crippen molar-refractivity contribution in [2.24, 2.45) is 0 Å². The number of nitro groups is 1. The molecule has 0 aliphatic carbocycles. The second-order valence-electron chi connectivity index (χ2n) is 7.50. The van der Waals surface area contributed by atoms with E-state index in [9.17, 15) is 24.5 Å². The van der Waals surface area contributed by atoms with Gasteiger partial charge in [-0.2, -0.15) is 0 Å². The Hall–Kier alpha value is -4.44. The molecule has 0 spiro atoms. The average molecular weight is 490 g/mol. The van der Waals surface area contributed by atoms with E-state index in [4.69, 9.17) is 4.74 Å². The fourth-order valence-electron chi connectivity index (χ4n) is 3.30. The van der Waals surface area contributed by atoms with Crippen molar-refractivity contribution < 1.29 is 24.0 Å². The van der Waals surface area contributed by atoms with Crippen LogP contribution in [0.25, 0.3) is 6.08 Å². The molecule has 10 heteroatoms. The highest BCUT2D eigenvalue weighted by molar-refractivity contribution is 8.18. The number of nitro benzene ring substituents is 1. The van der Waals surface area contributed by atoms with Gasteiger partial charge in [0.15, 0.2) is 0 Å². The molecule has 1 fully saturated rings. The van der Waals surface area contributed by atoms with Crippen LogP contribution in [-0.2, 0) is 11.3 Å². The van der Waals surface area contributed by atoms with Crippen LogP contribution in [0.3, 0.4) is 0 Å². The molecule has 4 rings (SSSR count). The molecule has 0 radical (unpaired) electrons. The summed E-state index contributed by atoms with van der Waals surface area (Å²) in [6, 6.07) is 19.2. The van der Waals surface area contributed by atoms with Crippen LogP contribution in [0.4, 0.5) is 16.2 Å². The summed E-state index contributed by atoms with van der Waals surface area (Å²) in [5.74, 6) is -0.0741. The zero-order chi connectivity index (χ0) is 24.9. The molecule has 0 unspecified atom stereocenters. The van der Waals surface area contributed by atoms with E-state index in [-0.39, 0.29) is 29.3 Å². The fraction of sp³-hybridized carbons (Fsp3) is 0.0800. The number of amides is 3. The van der Waals surface area contributed by atoms with E-state index in [1.54, 1.807) is 61.7 Å². The number of nitrogens with zero attached hydrogens (tertiary/aromatic N) is 2. The minimum Gasteiger partial charge on any atom is -0.497 e. The Morgan fingerprint density at radius 1 is 1.03 bits per heavy atom. The lowest BCUT2D eigenvalue weighted by atomic mass is 10.1. The molecule has 35 heavy (non-hydrogen) atoms. The molecule has 0 aromatic heterocycles. The molecule has 1 heterocycles. The number of imide groups is 1. The third kappa shape index (κ3) is 5.56. The molecule has 1 N–H and O–H groups in total. The molecule has 3 aromatic rings. The number of rotatable bonds is 7. The van der Waals surface area contributed by atoms with Gasteiger partial charge >= 0.3 is 0 Å². The van der Waals surface area contributed by atoms with Crippen LogP contribution < -0.4 is 10.1 Å². The second kappa shape index (κ2) is 10.2. The van der Waals surface area contributed by atoms with Crippen molar-refractivity contribution in [2.45, 2.75) is 6.54 Å². The number of hydrogen-bond acceptors (Lipinski definition) is 7. The summed E-state index contributed by atoms with van der Waals surface area (Å²) in [5, 5.41) is 13.0. The lowest BCUT2D eigenvalue weighted by molar-refractivity contribution is -0.384. The van der Waals surface area contributed by atoms with Gasteiger partial charge in [0, 0.05) is 23.4 Å². The number of carbonyl (C=O) groups is 3. The normalized spacial score (nSPS) is 14.3. The predicted molar refractivity (Wildman–Crippen MR) is 132 cm³/mol. The van der Waals surface area contributed by atoms with Crippen LogP contribution in [0.5, 0.6) is 5.75 Å². The lowest BCUT2D eigenvalue weighted by Gasteiger charge is -2.13. The van der Waals surface area contributed by atoms with Gasteiger partial charge < -0.3 is 10.1 Å². The number of hydrogen-bond donors (Lipinski definition) is 1. The van der Waals surface area contributed by atoms with Crippen LogP contribution in [-0.4, -0.2) is 34.0 Å². The van der Waals surface area contributed by atoms with Gasteiger partial charge in [0.25, 0.3) is 22.7 Å². The predicted octanol–water partition coefficient (Wildman–Crippen LogP) is 5.09. The van der Waals surface area contributed by atoms with Gasteiger partial charge in [0.05, 0.1) is 23.5 Å². The van der Waals surface area contributed by atoms with Crippen molar-refractivity contribution in [3.63, 3.8) is 0 Å². The highest BCUT2D eigenvalue weighted by atomic mass is 32.2. The van der Waals surface area contributed by atoms with E-state index in [1.165, 1.54) is 24.3 Å². The van der Waals surface area contributed by atoms with Gasteiger partial charge in [-0.15, -0.1) is 0 Å². The number of methoxy groups -OCH3 is 1. The molecule has 1 aliphatic rings. The van der Waals surface area contributed by atoms with Gasteiger partial charge in [0.2, 0.25) is 0 Å². The molecule has 3 amide bonds. The molecule has 176 valence electrons. The Balaban J connectivity index is 1.39. The molecule has 3 aromatic carbocycles. The van der Waals surface area contributed by atoms with Crippen molar-refractivity contribution in [3.8, 4) is 5.75 Å². The molecular formula is C25H19N3O6S. The van der Waals surface area contributed by atoms with Crippen molar-refractivity contribution in [1.29, 1.82) is 0 Å². The maximum absolute atomic E-state index is 12.8.